The Hall–Kier alpha value is -0.130. The molecule has 1 aliphatic heterocycles. The second-order valence-electron chi connectivity index (χ2n) is 3.74. The molecular weight excluding hydrogens is 202 g/mol. The molecule has 0 unspecified atom stereocenters. The molecule has 0 amide bonds. The Morgan fingerprint density at radius 3 is 2.36 bits per heavy atom. The maximum atomic E-state index is 12.0. The van der Waals surface area contributed by atoms with Crippen LogP contribution in [0.25, 0.3) is 0 Å². The number of hydrogen-bond donors (Lipinski definition) is 1. The molecule has 2 N–H and O–H groups in total. The summed E-state index contributed by atoms with van der Waals surface area (Å²) in [6.45, 7) is 3.21. The lowest BCUT2D eigenvalue weighted by atomic mass is 9.95. The van der Waals surface area contributed by atoms with Crippen LogP contribution in [0.15, 0.2) is 0 Å². The molecule has 0 aromatic rings. The highest BCUT2D eigenvalue weighted by Gasteiger charge is 2.42. The molecule has 1 rings (SSSR count). The SMILES string of the molecule is CCS(=O)(=O)C1(CCN)CCOCC1. The predicted molar refractivity (Wildman–Crippen MR) is 55.9 cm³/mol. The zero-order chi connectivity index (χ0) is 10.7. The van der Waals surface area contributed by atoms with Crippen LogP contribution in [0.3, 0.4) is 0 Å². The normalized spacial score (nSPS) is 22.1. The molecule has 1 fully saturated rings. The molecule has 0 aromatic heterocycles. The second-order valence-corrected chi connectivity index (χ2v) is 6.41. The van der Waals surface area contributed by atoms with Crippen LogP contribution in [0, 0.1) is 0 Å². The molecule has 0 aromatic carbocycles. The Bertz CT molecular complexity index is 262. The van der Waals surface area contributed by atoms with E-state index in [1.165, 1.54) is 0 Å². The van der Waals surface area contributed by atoms with E-state index in [0.29, 0.717) is 39.0 Å². The van der Waals surface area contributed by atoms with E-state index in [2.05, 4.69) is 0 Å². The van der Waals surface area contributed by atoms with E-state index in [-0.39, 0.29) is 5.75 Å². The molecule has 0 saturated carbocycles. The summed E-state index contributed by atoms with van der Waals surface area (Å²) in [5.74, 6) is 0.201. The largest absolute Gasteiger partial charge is 0.381 e. The summed E-state index contributed by atoms with van der Waals surface area (Å²) in [7, 11) is -3.01. The lowest BCUT2D eigenvalue weighted by Crippen LogP contribution is -2.46. The topological polar surface area (TPSA) is 69.4 Å². The summed E-state index contributed by atoms with van der Waals surface area (Å²) in [4.78, 5) is 0. The summed E-state index contributed by atoms with van der Waals surface area (Å²) >= 11 is 0. The van der Waals surface area contributed by atoms with E-state index in [1.807, 2.05) is 0 Å². The molecule has 1 saturated heterocycles. The third-order valence-corrected chi connectivity index (χ3v) is 5.74. The van der Waals surface area contributed by atoms with Crippen LogP contribution >= 0.6 is 0 Å². The molecule has 4 nitrogen and oxygen atoms in total. The van der Waals surface area contributed by atoms with E-state index in [9.17, 15) is 8.42 Å². The summed E-state index contributed by atoms with van der Waals surface area (Å²) in [5.41, 5.74) is 5.49. The van der Waals surface area contributed by atoms with E-state index in [1.54, 1.807) is 6.92 Å². The van der Waals surface area contributed by atoms with Gasteiger partial charge in [0.25, 0.3) is 0 Å². The van der Waals surface area contributed by atoms with Crippen molar-refractivity contribution in [2.45, 2.75) is 30.9 Å². The molecule has 0 radical (unpaired) electrons. The van der Waals surface area contributed by atoms with Gasteiger partial charge < -0.3 is 10.5 Å². The van der Waals surface area contributed by atoms with Gasteiger partial charge in [0.05, 0.1) is 4.75 Å². The number of rotatable bonds is 4. The minimum Gasteiger partial charge on any atom is -0.381 e. The van der Waals surface area contributed by atoms with Gasteiger partial charge in [0.15, 0.2) is 9.84 Å². The average molecular weight is 221 g/mol. The fraction of sp³-hybridized carbons (Fsp3) is 1.00. The monoisotopic (exact) mass is 221 g/mol. The van der Waals surface area contributed by atoms with Gasteiger partial charge in [0, 0.05) is 19.0 Å². The number of sulfone groups is 1. The summed E-state index contributed by atoms with van der Waals surface area (Å²) in [5, 5.41) is 0. The van der Waals surface area contributed by atoms with Crippen molar-refractivity contribution in [2.24, 2.45) is 5.73 Å². The molecule has 1 aliphatic rings. The van der Waals surface area contributed by atoms with Crippen LogP contribution in [0.1, 0.15) is 26.2 Å². The van der Waals surface area contributed by atoms with Crippen molar-refractivity contribution in [3.05, 3.63) is 0 Å². The van der Waals surface area contributed by atoms with Gasteiger partial charge in [0.1, 0.15) is 0 Å². The van der Waals surface area contributed by atoms with Crippen molar-refractivity contribution in [1.29, 1.82) is 0 Å². The highest BCUT2D eigenvalue weighted by atomic mass is 32.2. The summed E-state index contributed by atoms with van der Waals surface area (Å²) < 4.78 is 28.5. The van der Waals surface area contributed by atoms with Gasteiger partial charge in [-0.05, 0) is 25.8 Å². The molecule has 0 spiro atoms. The Morgan fingerprint density at radius 1 is 1.36 bits per heavy atom. The lowest BCUT2D eigenvalue weighted by molar-refractivity contribution is 0.0730. The molecule has 0 aliphatic carbocycles. The van der Waals surface area contributed by atoms with E-state index in [4.69, 9.17) is 10.5 Å². The second kappa shape index (κ2) is 4.59. The Labute approximate surface area is 85.7 Å². The molecular formula is C9H19NO3S. The van der Waals surface area contributed by atoms with Gasteiger partial charge >= 0.3 is 0 Å². The average Bonchev–Trinajstić information content (AvgIpc) is 2.19. The Morgan fingerprint density at radius 2 is 1.93 bits per heavy atom. The first-order valence-corrected chi connectivity index (χ1v) is 6.73. The summed E-state index contributed by atoms with van der Waals surface area (Å²) in [6.07, 6.45) is 1.76. The zero-order valence-electron chi connectivity index (χ0n) is 8.66. The zero-order valence-corrected chi connectivity index (χ0v) is 9.48. The van der Waals surface area contributed by atoms with Crippen LogP contribution in [-0.2, 0) is 14.6 Å². The van der Waals surface area contributed by atoms with Crippen molar-refractivity contribution in [3.8, 4) is 0 Å². The molecule has 5 heteroatoms. The van der Waals surface area contributed by atoms with Crippen LogP contribution < -0.4 is 5.73 Å². The standard InChI is InChI=1S/C9H19NO3S/c1-2-14(11,12)9(3-6-10)4-7-13-8-5-9/h2-8,10H2,1H3. The smallest absolute Gasteiger partial charge is 0.155 e. The predicted octanol–water partition coefficient (Wildman–Crippen LogP) is 0.319. The highest BCUT2D eigenvalue weighted by molar-refractivity contribution is 7.92. The van der Waals surface area contributed by atoms with Gasteiger partial charge in [-0.15, -0.1) is 0 Å². The number of ether oxygens (including phenoxy) is 1. The van der Waals surface area contributed by atoms with E-state index < -0.39 is 14.6 Å². The first kappa shape index (κ1) is 11.9. The van der Waals surface area contributed by atoms with Gasteiger partial charge in [-0.2, -0.15) is 0 Å². The van der Waals surface area contributed by atoms with Crippen LogP contribution in [-0.4, -0.2) is 38.7 Å². The van der Waals surface area contributed by atoms with Gasteiger partial charge in [0.2, 0.25) is 0 Å². The summed E-state index contributed by atoms with van der Waals surface area (Å²) in [6, 6.07) is 0. The van der Waals surface area contributed by atoms with Crippen molar-refractivity contribution < 1.29 is 13.2 Å². The highest BCUT2D eigenvalue weighted by Crippen LogP contribution is 2.33. The van der Waals surface area contributed by atoms with E-state index >= 15 is 0 Å². The van der Waals surface area contributed by atoms with Gasteiger partial charge in [-0.3, -0.25) is 0 Å². The Kier molecular flexibility index (Phi) is 3.92. The molecule has 0 atom stereocenters. The number of hydrogen-bond acceptors (Lipinski definition) is 4. The maximum absolute atomic E-state index is 12.0. The van der Waals surface area contributed by atoms with Crippen molar-refractivity contribution >= 4 is 9.84 Å². The number of nitrogens with two attached hydrogens (primary N) is 1. The first-order valence-electron chi connectivity index (χ1n) is 5.08. The third kappa shape index (κ3) is 2.10. The van der Waals surface area contributed by atoms with Crippen molar-refractivity contribution in [2.75, 3.05) is 25.5 Å². The van der Waals surface area contributed by atoms with Crippen LogP contribution in [0.4, 0.5) is 0 Å². The van der Waals surface area contributed by atoms with Gasteiger partial charge in [-0.1, -0.05) is 6.92 Å². The fourth-order valence-corrected chi connectivity index (χ4v) is 3.86. The quantitative estimate of drug-likeness (QED) is 0.742. The molecule has 84 valence electrons. The minimum absolute atomic E-state index is 0.201. The molecule has 14 heavy (non-hydrogen) atoms. The maximum Gasteiger partial charge on any atom is 0.155 e. The third-order valence-electron chi connectivity index (χ3n) is 3.04. The van der Waals surface area contributed by atoms with Crippen molar-refractivity contribution in [3.63, 3.8) is 0 Å². The van der Waals surface area contributed by atoms with Crippen molar-refractivity contribution in [1.82, 2.24) is 0 Å². The van der Waals surface area contributed by atoms with E-state index in [0.717, 1.165) is 0 Å². The van der Waals surface area contributed by atoms with Gasteiger partial charge in [-0.25, -0.2) is 8.42 Å². The fourth-order valence-electron chi connectivity index (χ4n) is 2.03. The van der Waals surface area contributed by atoms with Crippen LogP contribution in [0.2, 0.25) is 0 Å². The molecule has 1 heterocycles. The first-order chi connectivity index (χ1) is 6.58. The lowest BCUT2D eigenvalue weighted by Gasteiger charge is -2.36. The van der Waals surface area contributed by atoms with Crippen LogP contribution in [0.5, 0.6) is 0 Å². The molecule has 0 bridgehead atoms. The Balaban J connectivity index is 2.91. The minimum atomic E-state index is -3.01.